The number of aromatic nitrogens is 3. The van der Waals surface area contributed by atoms with Crippen LogP contribution < -0.4 is 4.90 Å². The summed E-state index contributed by atoms with van der Waals surface area (Å²) in [6.07, 6.45) is -2.90. The maximum atomic E-state index is 13.4. The number of alkyl halides is 3. The molecule has 0 N–H and O–H groups in total. The zero-order chi connectivity index (χ0) is 25.5. The van der Waals surface area contributed by atoms with Crippen molar-refractivity contribution in [2.75, 3.05) is 31.1 Å². The summed E-state index contributed by atoms with van der Waals surface area (Å²) < 4.78 is 67.7. The molecule has 0 saturated carbocycles. The maximum absolute atomic E-state index is 13.4. The van der Waals surface area contributed by atoms with E-state index >= 15 is 0 Å². The van der Waals surface area contributed by atoms with E-state index in [9.17, 15) is 21.6 Å². The Morgan fingerprint density at radius 3 is 2.36 bits per heavy atom. The molecule has 1 saturated heterocycles. The average Bonchev–Trinajstić information content (AvgIpc) is 2.87. The average molecular weight is 514 g/mol. The fourth-order valence-corrected chi connectivity index (χ4v) is 5.85. The second kappa shape index (κ2) is 9.14. The number of nitrogens with zero attached hydrogens (tertiary/aromatic N) is 5. The van der Waals surface area contributed by atoms with Crippen LogP contribution in [0.15, 0.2) is 71.8 Å². The van der Waals surface area contributed by atoms with Crippen LogP contribution in [0, 0.1) is 6.92 Å². The van der Waals surface area contributed by atoms with Crippen molar-refractivity contribution in [3.63, 3.8) is 0 Å². The van der Waals surface area contributed by atoms with E-state index < -0.39 is 21.8 Å². The van der Waals surface area contributed by atoms with Crippen LogP contribution in [0.25, 0.3) is 22.3 Å². The number of hydrogen-bond acceptors (Lipinski definition) is 6. The molecule has 36 heavy (non-hydrogen) atoms. The van der Waals surface area contributed by atoms with Crippen molar-refractivity contribution in [3.8, 4) is 11.4 Å². The quantitative estimate of drug-likeness (QED) is 0.399. The predicted molar refractivity (Wildman–Crippen MR) is 130 cm³/mol. The molecule has 11 heteroatoms. The molecule has 5 rings (SSSR count). The largest absolute Gasteiger partial charge is 0.416 e. The highest BCUT2D eigenvalue weighted by Crippen LogP contribution is 2.32. The lowest BCUT2D eigenvalue weighted by Crippen LogP contribution is -2.49. The number of halogens is 3. The standard InChI is InChI=1S/C25H22F3N5O2S/c1-17-15-22(31-24(30-17)19-6-2-8-20(16-19)25(26,27)28)32-11-13-33(14-12-32)36(34,35)21-9-3-5-18-7-4-10-29-23(18)21/h2-10,15-16H,11-14H2,1H3. The minimum absolute atomic E-state index is 0.166. The van der Waals surface area contributed by atoms with Crippen molar-refractivity contribution in [2.45, 2.75) is 18.0 Å². The number of rotatable bonds is 4. The topological polar surface area (TPSA) is 79.3 Å². The fourth-order valence-electron chi connectivity index (χ4n) is 4.26. The fraction of sp³-hybridized carbons (Fsp3) is 0.240. The van der Waals surface area contributed by atoms with E-state index in [1.807, 2.05) is 17.0 Å². The molecule has 0 bridgehead atoms. The number of sulfonamides is 1. The molecule has 2 aromatic carbocycles. The number of aryl methyl sites for hydroxylation is 1. The second-order valence-electron chi connectivity index (χ2n) is 8.49. The Morgan fingerprint density at radius 2 is 1.61 bits per heavy atom. The van der Waals surface area contributed by atoms with Crippen LogP contribution >= 0.6 is 0 Å². The lowest BCUT2D eigenvalue weighted by atomic mass is 10.1. The van der Waals surface area contributed by atoms with Crippen molar-refractivity contribution in [1.29, 1.82) is 0 Å². The van der Waals surface area contributed by atoms with Gasteiger partial charge in [-0.15, -0.1) is 0 Å². The first-order valence-electron chi connectivity index (χ1n) is 11.2. The third kappa shape index (κ3) is 4.63. The third-order valence-electron chi connectivity index (χ3n) is 6.06. The van der Waals surface area contributed by atoms with Gasteiger partial charge in [0.05, 0.1) is 11.1 Å². The number of para-hydroxylation sites is 1. The normalized spacial score (nSPS) is 15.4. The van der Waals surface area contributed by atoms with Crippen LogP contribution in [0.5, 0.6) is 0 Å². The first-order valence-corrected chi connectivity index (χ1v) is 12.7. The van der Waals surface area contributed by atoms with Gasteiger partial charge in [0.25, 0.3) is 0 Å². The van der Waals surface area contributed by atoms with Crippen LogP contribution in [0.3, 0.4) is 0 Å². The van der Waals surface area contributed by atoms with Gasteiger partial charge in [-0.3, -0.25) is 4.98 Å². The lowest BCUT2D eigenvalue weighted by Gasteiger charge is -2.35. The van der Waals surface area contributed by atoms with Gasteiger partial charge in [0.15, 0.2) is 5.82 Å². The summed E-state index contributed by atoms with van der Waals surface area (Å²) in [4.78, 5) is 15.2. The van der Waals surface area contributed by atoms with Crippen molar-refractivity contribution >= 4 is 26.7 Å². The molecule has 186 valence electrons. The molecule has 4 aromatic rings. The SMILES string of the molecule is Cc1cc(N2CCN(S(=O)(=O)c3cccc4cccnc34)CC2)nc(-c2cccc(C(F)(F)F)c2)n1. The molecule has 0 atom stereocenters. The Morgan fingerprint density at radius 1 is 0.889 bits per heavy atom. The number of anilines is 1. The van der Waals surface area contributed by atoms with Crippen LogP contribution in [-0.4, -0.2) is 53.9 Å². The van der Waals surface area contributed by atoms with Crippen LogP contribution in [0.4, 0.5) is 19.0 Å². The van der Waals surface area contributed by atoms with Crippen molar-refractivity contribution < 1.29 is 21.6 Å². The Hall–Kier alpha value is -3.57. The molecular weight excluding hydrogens is 491 g/mol. The predicted octanol–water partition coefficient (Wildman–Crippen LogP) is 4.53. The summed E-state index contributed by atoms with van der Waals surface area (Å²) in [6, 6.07) is 15.3. The highest BCUT2D eigenvalue weighted by Gasteiger charge is 2.32. The van der Waals surface area contributed by atoms with E-state index in [0.29, 0.717) is 30.1 Å². The van der Waals surface area contributed by atoms with Gasteiger partial charge >= 0.3 is 6.18 Å². The Kier molecular flexibility index (Phi) is 6.13. The zero-order valence-electron chi connectivity index (χ0n) is 19.3. The number of pyridine rings is 1. The van der Waals surface area contributed by atoms with Crippen LogP contribution in [0.2, 0.25) is 0 Å². The van der Waals surface area contributed by atoms with Gasteiger partial charge in [-0.1, -0.05) is 30.3 Å². The summed E-state index contributed by atoms with van der Waals surface area (Å²) in [6.45, 7) is 2.95. The van der Waals surface area contributed by atoms with E-state index in [2.05, 4.69) is 15.0 Å². The summed E-state index contributed by atoms with van der Waals surface area (Å²) >= 11 is 0. The smallest absolute Gasteiger partial charge is 0.354 e. The molecule has 2 aromatic heterocycles. The van der Waals surface area contributed by atoms with Gasteiger partial charge in [0.1, 0.15) is 10.7 Å². The second-order valence-corrected chi connectivity index (χ2v) is 10.4. The summed E-state index contributed by atoms with van der Waals surface area (Å²) in [5.41, 5.74) is 0.525. The van der Waals surface area contributed by atoms with Crippen molar-refractivity contribution in [1.82, 2.24) is 19.3 Å². The van der Waals surface area contributed by atoms with E-state index in [1.54, 1.807) is 37.4 Å². The minimum Gasteiger partial charge on any atom is -0.354 e. The first-order chi connectivity index (χ1) is 17.1. The van der Waals surface area contributed by atoms with E-state index in [-0.39, 0.29) is 29.4 Å². The maximum Gasteiger partial charge on any atom is 0.416 e. The van der Waals surface area contributed by atoms with Crippen molar-refractivity contribution in [3.05, 3.63) is 78.1 Å². The van der Waals surface area contributed by atoms with Crippen molar-refractivity contribution in [2.24, 2.45) is 0 Å². The molecule has 7 nitrogen and oxygen atoms in total. The summed E-state index contributed by atoms with van der Waals surface area (Å²) in [5.74, 6) is 0.728. The molecule has 0 spiro atoms. The molecule has 1 aliphatic rings. The van der Waals surface area contributed by atoms with E-state index in [0.717, 1.165) is 17.5 Å². The Labute approximate surface area is 206 Å². The molecule has 0 amide bonds. The first kappa shape index (κ1) is 24.1. The zero-order valence-corrected chi connectivity index (χ0v) is 20.1. The van der Waals surface area contributed by atoms with Gasteiger partial charge in [0, 0.05) is 55.1 Å². The number of fused-ring (bicyclic) bond motifs is 1. The highest BCUT2D eigenvalue weighted by atomic mass is 32.2. The highest BCUT2D eigenvalue weighted by molar-refractivity contribution is 7.89. The lowest BCUT2D eigenvalue weighted by molar-refractivity contribution is -0.137. The van der Waals surface area contributed by atoms with Gasteiger partial charge in [0.2, 0.25) is 10.0 Å². The molecule has 3 heterocycles. The van der Waals surface area contributed by atoms with Crippen LogP contribution in [0.1, 0.15) is 11.3 Å². The summed E-state index contributed by atoms with van der Waals surface area (Å²) in [5, 5.41) is 0.746. The molecule has 1 aliphatic heterocycles. The molecule has 0 aliphatic carbocycles. The number of hydrogen-bond donors (Lipinski definition) is 0. The molecular formula is C25H22F3N5O2S. The van der Waals surface area contributed by atoms with Crippen LogP contribution in [-0.2, 0) is 16.2 Å². The molecule has 0 unspecified atom stereocenters. The van der Waals surface area contributed by atoms with E-state index in [1.165, 1.54) is 16.4 Å². The van der Waals surface area contributed by atoms with Gasteiger partial charge < -0.3 is 4.90 Å². The number of benzene rings is 2. The third-order valence-corrected chi connectivity index (χ3v) is 8.00. The van der Waals surface area contributed by atoms with Gasteiger partial charge in [-0.05, 0) is 31.2 Å². The minimum atomic E-state index is -4.47. The summed E-state index contributed by atoms with van der Waals surface area (Å²) in [7, 11) is -3.77. The number of piperazine rings is 1. The molecule has 1 fully saturated rings. The van der Waals surface area contributed by atoms with E-state index in [4.69, 9.17) is 0 Å². The monoisotopic (exact) mass is 513 g/mol. The molecule has 0 radical (unpaired) electrons. The van der Waals surface area contributed by atoms with Gasteiger partial charge in [-0.25, -0.2) is 18.4 Å². The Bertz CT molecular complexity index is 1530. The van der Waals surface area contributed by atoms with Gasteiger partial charge in [-0.2, -0.15) is 17.5 Å². The Balaban J connectivity index is 1.38.